The third-order valence-corrected chi connectivity index (χ3v) is 2.83. The molecule has 0 bridgehead atoms. The van der Waals surface area contributed by atoms with Crippen LogP contribution in [0, 0.1) is 0 Å². The monoisotopic (exact) mass is 253 g/mol. The summed E-state index contributed by atoms with van der Waals surface area (Å²) in [5.41, 5.74) is 0.982. The number of ether oxygens (including phenoxy) is 1. The molecule has 0 radical (unpaired) electrons. The molecule has 1 aromatic carbocycles. The molecular weight excluding hydrogens is 242 g/mol. The lowest BCUT2D eigenvalue weighted by atomic mass is 10.0. The van der Waals surface area contributed by atoms with E-state index >= 15 is 0 Å². The molecule has 1 atom stereocenters. The maximum Gasteiger partial charge on any atom is 0.356 e. The minimum absolute atomic E-state index is 0.206. The van der Waals surface area contributed by atoms with Crippen molar-refractivity contribution in [3.63, 3.8) is 0 Å². The molecule has 0 amide bonds. The van der Waals surface area contributed by atoms with Crippen molar-refractivity contribution in [1.29, 1.82) is 0 Å². The van der Waals surface area contributed by atoms with Crippen LogP contribution in [-0.2, 0) is 19.4 Å². The second-order valence-corrected chi connectivity index (χ2v) is 4.23. The van der Waals surface area contributed by atoms with E-state index in [1.165, 1.54) is 0 Å². The number of hydrogen-bond donors (Lipinski definition) is 0. The van der Waals surface area contributed by atoms with Crippen LogP contribution >= 0.6 is 11.6 Å². The van der Waals surface area contributed by atoms with E-state index in [-0.39, 0.29) is 12.1 Å². The van der Waals surface area contributed by atoms with E-state index in [0.717, 1.165) is 5.56 Å². The number of oxime groups is 1. The first-order chi connectivity index (χ1) is 8.15. The highest BCUT2D eigenvalue weighted by molar-refractivity contribution is 6.39. The standard InChI is InChI=1S/C12H12ClNO3/c1-2-16-11(15)10-8-12(13,17-14-10)9-6-4-3-5-7-9/h3-7H,2,8H2,1H3. The van der Waals surface area contributed by atoms with Crippen molar-refractivity contribution in [2.75, 3.05) is 6.61 Å². The zero-order valence-corrected chi connectivity index (χ0v) is 10.1. The van der Waals surface area contributed by atoms with Crippen LogP contribution < -0.4 is 0 Å². The summed E-state index contributed by atoms with van der Waals surface area (Å²) in [6.07, 6.45) is 0.206. The van der Waals surface area contributed by atoms with Crippen LogP contribution in [0.15, 0.2) is 35.5 Å². The van der Waals surface area contributed by atoms with Crippen LogP contribution in [0.2, 0.25) is 0 Å². The number of halogens is 1. The Balaban J connectivity index is 2.11. The second-order valence-electron chi connectivity index (χ2n) is 3.62. The number of esters is 1. The van der Waals surface area contributed by atoms with Gasteiger partial charge in [0.1, 0.15) is 0 Å². The highest BCUT2D eigenvalue weighted by Gasteiger charge is 2.41. The van der Waals surface area contributed by atoms with E-state index in [2.05, 4.69) is 5.16 Å². The molecule has 4 nitrogen and oxygen atoms in total. The highest BCUT2D eigenvalue weighted by Crippen LogP contribution is 2.38. The summed E-state index contributed by atoms with van der Waals surface area (Å²) < 4.78 is 4.85. The minimum atomic E-state index is -1.09. The number of carbonyl (C=O) groups is 1. The first kappa shape index (κ1) is 11.9. The number of rotatable bonds is 3. The van der Waals surface area contributed by atoms with Crippen molar-refractivity contribution in [3.05, 3.63) is 35.9 Å². The van der Waals surface area contributed by atoms with Crippen molar-refractivity contribution in [1.82, 2.24) is 0 Å². The third kappa shape index (κ3) is 2.42. The molecule has 0 aromatic heterocycles. The quantitative estimate of drug-likeness (QED) is 0.614. The van der Waals surface area contributed by atoms with E-state index in [4.69, 9.17) is 21.2 Å². The molecule has 1 unspecified atom stereocenters. The molecule has 1 heterocycles. The fraction of sp³-hybridized carbons (Fsp3) is 0.333. The lowest BCUT2D eigenvalue weighted by Gasteiger charge is -2.18. The Kier molecular flexibility index (Phi) is 3.33. The van der Waals surface area contributed by atoms with Gasteiger partial charge in [-0.3, -0.25) is 0 Å². The van der Waals surface area contributed by atoms with Crippen molar-refractivity contribution in [2.45, 2.75) is 18.4 Å². The lowest BCUT2D eigenvalue weighted by molar-refractivity contribution is -0.135. The average molecular weight is 254 g/mol. The van der Waals surface area contributed by atoms with Crippen LogP contribution in [-0.4, -0.2) is 18.3 Å². The Morgan fingerprint density at radius 2 is 2.24 bits per heavy atom. The van der Waals surface area contributed by atoms with Gasteiger partial charge in [0.15, 0.2) is 5.71 Å². The maximum atomic E-state index is 11.5. The zero-order valence-electron chi connectivity index (χ0n) is 9.35. The SMILES string of the molecule is CCOC(=O)C1=NOC(Cl)(c2ccccc2)C1. The molecule has 0 saturated carbocycles. The third-order valence-electron chi connectivity index (χ3n) is 2.41. The molecule has 5 heteroatoms. The number of nitrogens with zero attached hydrogens (tertiary/aromatic N) is 1. The predicted octanol–water partition coefficient (Wildman–Crippen LogP) is 2.42. The Bertz CT molecular complexity index is 446. The fourth-order valence-corrected chi connectivity index (χ4v) is 1.86. The Hall–Kier alpha value is -1.55. The van der Waals surface area contributed by atoms with Crippen LogP contribution in [0.4, 0.5) is 0 Å². The van der Waals surface area contributed by atoms with Gasteiger partial charge in [-0.15, -0.1) is 0 Å². The molecule has 1 aliphatic rings. The maximum absolute atomic E-state index is 11.5. The van der Waals surface area contributed by atoms with Crippen LogP contribution in [0.3, 0.4) is 0 Å². The molecule has 0 aliphatic carbocycles. The fourth-order valence-electron chi connectivity index (χ4n) is 1.57. The molecule has 0 saturated heterocycles. The van der Waals surface area contributed by atoms with Crippen molar-refractivity contribution >= 4 is 23.3 Å². The van der Waals surface area contributed by atoms with E-state index in [1.54, 1.807) is 6.92 Å². The van der Waals surface area contributed by atoms with Crippen LogP contribution in [0.5, 0.6) is 0 Å². The zero-order chi connectivity index (χ0) is 12.3. The topological polar surface area (TPSA) is 47.9 Å². The van der Waals surface area contributed by atoms with Gasteiger partial charge in [-0.05, 0) is 6.92 Å². The van der Waals surface area contributed by atoms with Crippen molar-refractivity contribution in [3.8, 4) is 0 Å². The summed E-state index contributed by atoms with van der Waals surface area (Å²) >= 11 is 6.29. The molecule has 1 aliphatic heterocycles. The van der Waals surface area contributed by atoms with Gasteiger partial charge in [-0.25, -0.2) is 4.79 Å². The van der Waals surface area contributed by atoms with Gasteiger partial charge in [-0.2, -0.15) is 0 Å². The molecule has 17 heavy (non-hydrogen) atoms. The molecule has 1 aromatic rings. The van der Waals surface area contributed by atoms with E-state index in [0.29, 0.717) is 6.61 Å². The molecule has 0 spiro atoms. The van der Waals surface area contributed by atoms with Crippen molar-refractivity contribution < 1.29 is 14.4 Å². The van der Waals surface area contributed by atoms with E-state index < -0.39 is 11.0 Å². The summed E-state index contributed by atoms with van der Waals surface area (Å²) in [4.78, 5) is 16.6. The molecule has 90 valence electrons. The number of hydrogen-bond acceptors (Lipinski definition) is 4. The van der Waals surface area contributed by atoms with Gasteiger partial charge in [0.2, 0.25) is 5.06 Å². The van der Waals surface area contributed by atoms with Crippen LogP contribution in [0.1, 0.15) is 18.9 Å². The van der Waals surface area contributed by atoms with Gasteiger partial charge in [0, 0.05) is 5.56 Å². The number of carbonyl (C=O) groups excluding carboxylic acids is 1. The van der Waals surface area contributed by atoms with Gasteiger partial charge in [0.05, 0.1) is 13.0 Å². The number of benzene rings is 1. The summed E-state index contributed by atoms with van der Waals surface area (Å²) in [7, 11) is 0. The van der Waals surface area contributed by atoms with Crippen molar-refractivity contribution in [2.24, 2.45) is 5.16 Å². The summed E-state index contributed by atoms with van der Waals surface area (Å²) in [6.45, 7) is 2.04. The molecular formula is C12H12ClNO3. The normalized spacial score (nSPS) is 22.8. The van der Waals surface area contributed by atoms with E-state index in [1.807, 2.05) is 30.3 Å². The highest BCUT2D eigenvalue weighted by atomic mass is 35.5. The first-order valence-electron chi connectivity index (χ1n) is 5.32. The largest absolute Gasteiger partial charge is 0.461 e. The smallest absolute Gasteiger partial charge is 0.356 e. The van der Waals surface area contributed by atoms with Gasteiger partial charge >= 0.3 is 5.97 Å². The van der Waals surface area contributed by atoms with Gasteiger partial charge < -0.3 is 9.57 Å². The van der Waals surface area contributed by atoms with E-state index in [9.17, 15) is 4.79 Å². The van der Waals surface area contributed by atoms with Crippen LogP contribution in [0.25, 0.3) is 0 Å². The van der Waals surface area contributed by atoms with Gasteiger partial charge in [0.25, 0.3) is 0 Å². The molecule has 2 rings (SSSR count). The molecule has 0 fully saturated rings. The summed E-state index contributed by atoms with van der Waals surface area (Å²) in [6, 6.07) is 9.25. The molecule has 0 N–H and O–H groups in total. The Morgan fingerprint density at radius 1 is 1.53 bits per heavy atom. The first-order valence-corrected chi connectivity index (χ1v) is 5.70. The summed E-state index contributed by atoms with van der Waals surface area (Å²) in [5.74, 6) is -0.481. The Morgan fingerprint density at radius 3 is 2.88 bits per heavy atom. The predicted molar refractivity (Wildman–Crippen MR) is 63.7 cm³/mol. The number of alkyl halides is 1. The Labute approximate surface area is 104 Å². The summed E-state index contributed by atoms with van der Waals surface area (Å²) in [5, 5.41) is 2.60. The van der Waals surface area contributed by atoms with Gasteiger partial charge in [-0.1, -0.05) is 47.1 Å². The lowest BCUT2D eigenvalue weighted by Crippen LogP contribution is -2.22. The second kappa shape index (κ2) is 4.75. The average Bonchev–Trinajstić information content (AvgIpc) is 2.75. The minimum Gasteiger partial charge on any atom is -0.461 e.